The van der Waals surface area contributed by atoms with Crippen LogP contribution in [0.25, 0.3) is 0 Å². The molecular weight excluding hydrogens is 278 g/mol. The summed E-state index contributed by atoms with van der Waals surface area (Å²) in [6.45, 7) is 14.6. The lowest BCUT2D eigenvalue weighted by atomic mass is 10.2. The van der Waals surface area contributed by atoms with Crippen molar-refractivity contribution in [2.24, 2.45) is 0 Å². The van der Waals surface area contributed by atoms with Crippen LogP contribution < -0.4 is 5.32 Å². The number of hydrogen-bond acceptors (Lipinski definition) is 3. The van der Waals surface area contributed by atoms with Crippen molar-refractivity contribution in [1.29, 1.82) is 0 Å². The molecule has 2 unspecified atom stereocenters. The Kier molecular flexibility index (Phi) is 7.82. The standard InChI is InChI=1S/C17H33N3S/c1-7-10-18-16(13-21-17(4,5)6)12-15-9-11-20(19-15)14(3)8-2/h9,11,14,16,18H,7-8,10,12-13H2,1-6H3. The Balaban J connectivity index is 2.60. The van der Waals surface area contributed by atoms with Crippen LogP contribution in [0.15, 0.2) is 12.3 Å². The van der Waals surface area contributed by atoms with Crippen LogP contribution in [0.2, 0.25) is 0 Å². The van der Waals surface area contributed by atoms with Gasteiger partial charge in [0.2, 0.25) is 0 Å². The average Bonchev–Trinajstić information content (AvgIpc) is 2.88. The van der Waals surface area contributed by atoms with E-state index in [1.54, 1.807) is 0 Å². The third kappa shape index (κ3) is 7.37. The molecule has 122 valence electrons. The lowest BCUT2D eigenvalue weighted by Crippen LogP contribution is -2.35. The predicted molar refractivity (Wildman–Crippen MR) is 95.2 cm³/mol. The van der Waals surface area contributed by atoms with Crippen LogP contribution in [-0.4, -0.2) is 32.9 Å². The van der Waals surface area contributed by atoms with Crippen LogP contribution in [0.5, 0.6) is 0 Å². The predicted octanol–water partition coefficient (Wildman–Crippen LogP) is 4.30. The van der Waals surface area contributed by atoms with Crippen molar-refractivity contribution in [3.8, 4) is 0 Å². The minimum absolute atomic E-state index is 0.322. The van der Waals surface area contributed by atoms with Crippen LogP contribution in [0, 0.1) is 0 Å². The monoisotopic (exact) mass is 311 g/mol. The number of thioether (sulfide) groups is 1. The van der Waals surface area contributed by atoms with Gasteiger partial charge in [0.15, 0.2) is 0 Å². The zero-order chi connectivity index (χ0) is 15.9. The molecule has 1 heterocycles. The van der Waals surface area contributed by atoms with Crippen molar-refractivity contribution in [2.75, 3.05) is 12.3 Å². The molecule has 1 rings (SSSR count). The molecule has 4 heteroatoms. The topological polar surface area (TPSA) is 29.9 Å². The summed E-state index contributed by atoms with van der Waals surface area (Å²) in [7, 11) is 0. The molecule has 0 saturated heterocycles. The largest absolute Gasteiger partial charge is 0.313 e. The lowest BCUT2D eigenvalue weighted by Gasteiger charge is -2.23. The summed E-state index contributed by atoms with van der Waals surface area (Å²) in [6.07, 6.45) is 5.44. The van der Waals surface area contributed by atoms with Gasteiger partial charge in [-0.05, 0) is 32.4 Å². The van der Waals surface area contributed by atoms with E-state index in [2.05, 4.69) is 63.8 Å². The zero-order valence-corrected chi connectivity index (χ0v) is 15.5. The van der Waals surface area contributed by atoms with Crippen molar-refractivity contribution < 1.29 is 0 Å². The van der Waals surface area contributed by atoms with Gasteiger partial charge in [-0.15, -0.1) is 0 Å². The maximum absolute atomic E-state index is 4.74. The summed E-state index contributed by atoms with van der Waals surface area (Å²) in [4.78, 5) is 0. The van der Waals surface area contributed by atoms with Crippen molar-refractivity contribution in [3.05, 3.63) is 18.0 Å². The number of nitrogens with one attached hydrogen (secondary N) is 1. The van der Waals surface area contributed by atoms with E-state index in [0.717, 1.165) is 25.1 Å². The zero-order valence-electron chi connectivity index (χ0n) is 14.6. The molecule has 1 N–H and O–H groups in total. The maximum atomic E-state index is 4.74. The summed E-state index contributed by atoms with van der Waals surface area (Å²) in [6, 6.07) is 3.17. The highest BCUT2D eigenvalue weighted by Gasteiger charge is 2.17. The van der Waals surface area contributed by atoms with Gasteiger partial charge in [-0.2, -0.15) is 16.9 Å². The van der Waals surface area contributed by atoms with Crippen LogP contribution >= 0.6 is 11.8 Å². The molecule has 0 spiro atoms. The Morgan fingerprint density at radius 3 is 2.62 bits per heavy atom. The van der Waals surface area contributed by atoms with Gasteiger partial charge in [-0.1, -0.05) is 34.6 Å². The highest BCUT2D eigenvalue weighted by Crippen LogP contribution is 2.24. The number of rotatable bonds is 9. The molecule has 0 aliphatic heterocycles. The summed E-state index contributed by atoms with van der Waals surface area (Å²) in [5.74, 6) is 1.14. The highest BCUT2D eigenvalue weighted by atomic mass is 32.2. The van der Waals surface area contributed by atoms with Crippen molar-refractivity contribution in [2.45, 2.75) is 77.6 Å². The van der Waals surface area contributed by atoms with Gasteiger partial charge in [0, 0.05) is 35.2 Å². The third-order valence-electron chi connectivity index (χ3n) is 3.56. The molecule has 0 bridgehead atoms. The number of hydrogen-bond donors (Lipinski definition) is 1. The van der Waals surface area contributed by atoms with Gasteiger partial charge >= 0.3 is 0 Å². The minimum atomic E-state index is 0.322. The van der Waals surface area contributed by atoms with Crippen molar-refractivity contribution in [1.82, 2.24) is 15.1 Å². The molecule has 0 aromatic carbocycles. The fourth-order valence-corrected chi connectivity index (χ4v) is 3.00. The first-order valence-electron chi connectivity index (χ1n) is 8.27. The summed E-state index contributed by atoms with van der Waals surface area (Å²) >= 11 is 2.03. The molecule has 3 nitrogen and oxygen atoms in total. The molecule has 2 atom stereocenters. The molecule has 0 radical (unpaired) electrons. The molecule has 0 saturated carbocycles. The Labute approximate surface area is 135 Å². The van der Waals surface area contributed by atoms with Crippen LogP contribution in [0.3, 0.4) is 0 Å². The second-order valence-electron chi connectivity index (χ2n) is 6.82. The van der Waals surface area contributed by atoms with Gasteiger partial charge in [-0.25, -0.2) is 0 Å². The van der Waals surface area contributed by atoms with Crippen LogP contribution in [0.4, 0.5) is 0 Å². The summed E-state index contributed by atoms with van der Waals surface area (Å²) < 4.78 is 2.42. The van der Waals surface area contributed by atoms with E-state index in [4.69, 9.17) is 5.10 Å². The van der Waals surface area contributed by atoms with Gasteiger partial charge < -0.3 is 5.32 Å². The second kappa shape index (κ2) is 8.84. The smallest absolute Gasteiger partial charge is 0.0640 e. The van der Waals surface area contributed by atoms with Crippen molar-refractivity contribution >= 4 is 11.8 Å². The van der Waals surface area contributed by atoms with Crippen LogP contribution in [-0.2, 0) is 6.42 Å². The van der Waals surface area contributed by atoms with Gasteiger partial charge in [0.05, 0.1) is 5.69 Å². The molecule has 0 amide bonds. The molecule has 1 aromatic rings. The van der Waals surface area contributed by atoms with Crippen LogP contribution in [0.1, 0.15) is 66.1 Å². The summed E-state index contributed by atoms with van der Waals surface area (Å²) in [5.41, 5.74) is 1.21. The Hall–Kier alpha value is -0.480. The van der Waals surface area contributed by atoms with Gasteiger partial charge in [0.1, 0.15) is 0 Å². The van der Waals surface area contributed by atoms with Gasteiger partial charge in [-0.3, -0.25) is 4.68 Å². The minimum Gasteiger partial charge on any atom is -0.313 e. The van der Waals surface area contributed by atoms with E-state index in [1.165, 1.54) is 12.1 Å². The number of nitrogens with zero attached hydrogens (tertiary/aromatic N) is 2. The average molecular weight is 312 g/mol. The van der Waals surface area contributed by atoms with E-state index < -0.39 is 0 Å². The first kappa shape index (κ1) is 18.6. The molecule has 1 aromatic heterocycles. The summed E-state index contributed by atoms with van der Waals surface area (Å²) in [5, 5.41) is 8.41. The normalized spacial score (nSPS) is 15.1. The molecular formula is C17H33N3S. The first-order chi connectivity index (χ1) is 9.85. The van der Waals surface area contributed by atoms with E-state index >= 15 is 0 Å². The fraction of sp³-hybridized carbons (Fsp3) is 0.824. The Bertz CT molecular complexity index is 395. The lowest BCUT2D eigenvalue weighted by molar-refractivity contribution is 0.468. The highest BCUT2D eigenvalue weighted by molar-refractivity contribution is 8.00. The maximum Gasteiger partial charge on any atom is 0.0640 e. The molecule has 0 aliphatic rings. The second-order valence-corrected chi connectivity index (χ2v) is 8.67. The fourth-order valence-electron chi connectivity index (χ4n) is 2.06. The number of aromatic nitrogens is 2. The Morgan fingerprint density at radius 1 is 1.33 bits per heavy atom. The van der Waals surface area contributed by atoms with E-state index in [0.29, 0.717) is 16.8 Å². The quantitative estimate of drug-likeness (QED) is 0.737. The van der Waals surface area contributed by atoms with Gasteiger partial charge in [0.25, 0.3) is 0 Å². The van der Waals surface area contributed by atoms with E-state index in [9.17, 15) is 0 Å². The van der Waals surface area contributed by atoms with Crippen molar-refractivity contribution in [3.63, 3.8) is 0 Å². The molecule has 21 heavy (non-hydrogen) atoms. The SMILES string of the molecule is CCCNC(CSC(C)(C)C)Cc1ccn(C(C)CC)n1. The third-order valence-corrected chi connectivity index (χ3v) is 5.00. The Morgan fingerprint density at radius 2 is 2.05 bits per heavy atom. The first-order valence-corrected chi connectivity index (χ1v) is 9.25. The van der Waals surface area contributed by atoms with E-state index in [1.807, 2.05) is 11.8 Å². The van der Waals surface area contributed by atoms with E-state index in [-0.39, 0.29) is 0 Å². The molecule has 0 fully saturated rings. The molecule has 0 aliphatic carbocycles.